The number of nitrogens with one attached hydrogen (secondary N) is 2. The van der Waals surface area contributed by atoms with Gasteiger partial charge in [0.15, 0.2) is 0 Å². The van der Waals surface area contributed by atoms with E-state index >= 15 is 0 Å². The monoisotopic (exact) mass is 1160 g/mol. The molecule has 0 aliphatic carbocycles. The van der Waals surface area contributed by atoms with Crippen molar-refractivity contribution in [2.24, 2.45) is 0 Å². The molecule has 0 bridgehead atoms. The molecule has 1 rings (SSSR count). The molecule has 478 valence electrons. The number of ketones is 1. The van der Waals surface area contributed by atoms with E-state index in [2.05, 4.69) is 34.3 Å². The van der Waals surface area contributed by atoms with Crippen LogP contribution in [0.4, 0.5) is 0 Å². The minimum absolute atomic E-state index is 0.00820. The average molecular weight is 1160 g/mol. The number of ether oxygens (including phenoxy) is 3. The first-order valence-corrected chi connectivity index (χ1v) is 33.6. The fourth-order valence-corrected chi connectivity index (χ4v) is 10.7. The number of nitrogens with zero attached hydrogens (tertiary/aromatic N) is 5. The van der Waals surface area contributed by atoms with Gasteiger partial charge in [0, 0.05) is 71.9 Å². The van der Waals surface area contributed by atoms with Gasteiger partial charge < -0.3 is 29.7 Å². The van der Waals surface area contributed by atoms with Gasteiger partial charge in [-0.2, -0.15) is 0 Å². The summed E-state index contributed by atoms with van der Waals surface area (Å²) in [5.41, 5.74) is 0. The molecule has 2 N–H and O–H groups in total. The van der Waals surface area contributed by atoms with Gasteiger partial charge in [-0.15, -0.1) is 0 Å². The highest BCUT2D eigenvalue weighted by molar-refractivity contribution is 5.85. The number of hydrogen-bond donors (Lipinski definition) is 2. The molecular weight excluding hydrogens is 1040 g/mol. The van der Waals surface area contributed by atoms with Crippen LogP contribution in [0.25, 0.3) is 0 Å². The molecule has 0 radical (unpaired) electrons. The van der Waals surface area contributed by atoms with Crippen LogP contribution >= 0.6 is 0 Å². The number of rotatable bonds is 52. The van der Waals surface area contributed by atoms with Crippen molar-refractivity contribution >= 4 is 41.4 Å². The van der Waals surface area contributed by atoms with Crippen LogP contribution in [0.15, 0.2) is 0 Å². The minimum atomic E-state index is -0.538. The summed E-state index contributed by atoms with van der Waals surface area (Å²) >= 11 is 0. The van der Waals surface area contributed by atoms with Crippen LogP contribution in [0.3, 0.4) is 0 Å². The Morgan fingerprint density at radius 1 is 0.329 bits per heavy atom. The quantitative estimate of drug-likeness (QED) is 0.0333. The Morgan fingerprint density at radius 2 is 0.598 bits per heavy atom. The Labute approximate surface area is 499 Å². The van der Waals surface area contributed by atoms with Crippen molar-refractivity contribution in [1.82, 2.24) is 35.1 Å². The van der Waals surface area contributed by atoms with Crippen molar-refractivity contribution in [3.63, 3.8) is 0 Å². The van der Waals surface area contributed by atoms with Crippen molar-refractivity contribution in [3.8, 4) is 0 Å². The lowest BCUT2D eigenvalue weighted by molar-refractivity contribution is -0.144. The van der Waals surface area contributed by atoms with Gasteiger partial charge in [-0.25, -0.2) is 0 Å². The van der Waals surface area contributed by atoms with E-state index in [0.29, 0.717) is 52.4 Å². The zero-order valence-electron chi connectivity index (χ0n) is 53.3. The lowest BCUT2D eigenvalue weighted by Crippen LogP contribution is -2.51. The molecule has 17 heteroatoms. The van der Waals surface area contributed by atoms with E-state index in [0.717, 1.165) is 38.8 Å². The molecule has 1 aliphatic heterocycles. The number of esters is 3. The van der Waals surface area contributed by atoms with Gasteiger partial charge in [-0.3, -0.25) is 53.2 Å². The first-order valence-electron chi connectivity index (χ1n) is 33.6. The summed E-state index contributed by atoms with van der Waals surface area (Å²) in [5, 5.41) is 5.32. The molecule has 3 amide bonds. The molecule has 0 aromatic heterocycles. The largest absolute Gasteiger partial charge is 0.466 e. The van der Waals surface area contributed by atoms with Crippen molar-refractivity contribution in [3.05, 3.63) is 0 Å². The van der Waals surface area contributed by atoms with Crippen LogP contribution in [0.5, 0.6) is 0 Å². The smallest absolute Gasteiger partial charge is 0.325 e. The standard InChI is InChI=1S/C65H123N7O10/c1-6-11-13-15-17-19-21-23-25-27-29-31-33-35-37-39-43-72(44-40-38-36-34-32-30-28-26-24-22-20-18-16-14-12-7-2)62(76)58-71-51-46-68(55-59(73)41-42-63(77)80-8-3)45-47-69(56-60(74)66-53-64(78)81-9-4)48-49-70(50-52-71)57-61(75)67-54-65(79)82-10-5/h6-58H2,1-5H3,(H,66,74)(H,67,75). The Morgan fingerprint density at radius 3 is 0.902 bits per heavy atom. The minimum Gasteiger partial charge on any atom is -0.466 e. The lowest BCUT2D eigenvalue weighted by Gasteiger charge is -2.34. The highest BCUT2D eigenvalue weighted by Gasteiger charge is 2.24. The molecule has 1 heterocycles. The zero-order valence-corrected chi connectivity index (χ0v) is 53.3. The van der Waals surface area contributed by atoms with Gasteiger partial charge in [-0.1, -0.05) is 206 Å². The molecule has 82 heavy (non-hydrogen) atoms. The second-order valence-electron chi connectivity index (χ2n) is 23.1. The number of hydrogen-bond acceptors (Lipinski definition) is 14. The molecule has 0 aromatic rings. The summed E-state index contributed by atoms with van der Waals surface area (Å²) < 4.78 is 15.1. The van der Waals surface area contributed by atoms with Gasteiger partial charge in [0.1, 0.15) is 18.9 Å². The van der Waals surface area contributed by atoms with E-state index in [-0.39, 0.29) is 95.4 Å². The molecule has 1 saturated heterocycles. The van der Waals surface area contributed by atoms with Crippen LogP contribution < -0.4 is 10.6 Å². The Hall–Kier alpha value is -3.67. The van der Waals surface area contributed by atoms with Crippen molar-refractivity contribution in [2.45, 2.75) is 253 Å². The Kier molecular flexibility index (Phi) is 51.4. The summed E-state index contributed by atoms with van der Waals surface area (Å²) in [7, 11) is 0. The van der Waals surface area contributed by atoms with E-state index in [1.54, 1.807) is 20.8 Å². The van der Waals surface area contributed by atoms with Gasteiger partial charge in [-0.05, 0) is 33.6 Å². The van der Waals surface area contributed by atoms with Crippen LogP contribution in [0.2, 0.25) is 0 Å². The van der Waals surface area contributed by atoms with Crippen LogP contribution in [0.1, 0.15) is 253 Å². The van der Waals surface area contributed by atoms with Gasteiger partial charge in [0.05, 0.1) is 52.4 Å². The molecule has 17 nitrogen and oxygen atoms in total. The zero-order chi connectivity index (χ0) is 59.9. The maximum absolute atomic E-state index is 14.6. The van der Waals surface area contributed by atoms with Gasteiger partial charge in [0.25, 0.3) is 0 Å². The maximum Gasteiger partial charge on any atom is 0.325 e. The molecule has 0 atom stereocenters. The van der Waals surface area contributed by atoms with E-state index in [4.69, 9.17) is 14.2 Å². The summed E-state index contributed by atoms with van der Waals surface area (Å²) in [4.78, 5) is 101. The molecule has 0 spiro atoms. The van der Waals surface area contributed by atoms with E-state index < -0.39 is 17.9 Å². The summed E-state index contributed by atoms with van der Waals surface area (Å²) in [5.74, 6) is -2.22. The first kappa shape index (κ1) is 76.3. The van der Waals surface area contributed by atoms with Crippen molar-refractivity contribution < 1.29 is 47.8 Å². The normalized spacial score (nSPS) is 14.2. The summed E-state index contributed by atoms with van der Waals surface area (Å²) in [6, 6.07) is 0. The number of carbonyl (C=O) groups excluding carboxylic acids is 7. The third kappa shape index (κ3) is 46.7. The number of amides is 3. The van der Waals surface area contributed by atoms with Crippen LogP contribution in [0, 0.1) is 0 Å². The highest BCUT2D eigenvalue weighted by Crippen LogP contribution is 2.17. The summed E-state index contributed by atoms with van der Waals surface area (Å²) in [6.45, 7) is 14.8. The van der Waals surface area contributed by atoms with Crippen LogP contribution in [-0.2, 0) is 47.8 Å². The fraction of sp³-hybridized carbons (Fsp3) is 0.892. The van der Waals surface area contributed by atoms with E-state index in [1.807, 2.05) is 14.7 Å². The molecule has 0 unspecified atom stereocenters. The predicted molar refractivity (Wildman–Crippen MR) is 332 cm³/mol. The van der Waals surface area contributed by atoms with Gasteiger partial charge in [0.2, 0.25) is 17.7 Å². The summed E-state index contributed by atoms with van der Waals surface area (Å²) in [6.07, 6.45) is 41.4. The Bertz CT molecular complexity index is 1540. The highest BCUT2D eigenvalue weighted by atomic mass is 16.5. The third-order valence-electron chi connectivity index (χ3n) is 15.7. The maximum atomic E-state index is 14.6. The first-order chi connectivity index (χ1) is 39.9. The molecule has 0 aromatic carbocycles. The second kappa shape index (κ2) is 55.2. The van der Waals surface area contributed by atoms with E-state index in [9.17, 15) is 33.6 Å². The molecular formula is C65H123N7O10. The van der Waals surface area contributed by atoms with Crippen LogP contribution in [-0.4, -0.2) is 190 Å². The second-order valence-corrected chi connectivity index (χ2v) is 23.1. The van der Waals surface area contributed by atoms with E-state index in [1.165, 1.54) is 180 Å². The average Bonchev–Trinajstić information content (AvgIpc) is 3.46. The molecule has 1 aliphatic rings. The number of carbonyl (C=O) groups is 7. The predicted octanol–water partition coefficient (Wildman–Crippen LogP) is 10.8. The molecule has 1 fully saturated rings. The van der Waals surface area contributed by atoms with Gasteiger partial charge >= 0.3 is 17.9 Å². The van der Waals surface area contributed by atoms with Crippen molar-refractivity contribution in [1.29, 1.82) is 0 Å². The lowest BCUT2D eigenvalue weighted by atomic mass is 10.0. The molecule has 0 saturated carbocycles. The Balaban J connectivity index is 3.16. The van der Waals surface area contributed by atoms with Crippen molar-refractivity contribution in [2.75, 3.05) is 125 Å². The third-order valence-corrected chi connectivity index (χ3v) is 15.7. The number of unbranched alkanes of at least 4 members (excludes halogenated alkanes) is 30. The number of Topliss-reactive ketones (excluding diaryl/α,β-unsaturated/α-hetero) is 1. The SMILES string of the molecule is CCCCCCCCCCCCCCCCCCN(CCCCCCCCCCCCCCCCCC)C(=O)CN1CCN(CC(=O)CCC(=O)OCC)CCN(CC(=O)NCC(=O)OCC)CCN(CC(=O)NCC(=O)OCC)CC1. The topological polar surface area (TPSA) is 187 Å². The fourth-order valence-electron chi connectivity index (χ4n) is 10.7.